The average Bonchev–Trinajstić information content (AvgIpc) is 3.10. The molecule has 1 N–H and O–H groups in total. The summed E-state index contributed by atoms with van der Waals surface area (Å²) in [6, 6.07) is 12.4. The quantitative estimate of drug-likeness (QED) is 0.232. The Labute approximate surface area is 206 Å². The topological polar surface area (TPSA) is 104 Å². The van der Waals surface area contributed by atoms with Crippen LogP contribution in [0.15, 0.2) is 59.0 Å². The maximum atomic E-state index is 13.1. The third-order valence-electron chi connectivity index (χ3n) is 6.15. The molecule has 0 saturated carbocycles. The first kappa shape index (κ1) is 26.6. The molecule has 9 heteroatoms. The van der Waals surface area contributed by atoms with Crippen molar-refractivity contribution in [1.29, 1.82) is 0 Å². The Morgan fingerprint density at radius 1 is 1.03 bits per heavy atom. The van der Waals surface area contributed by atoms with Crippen LogP contribution >= 0.6 is 0 Å². The van der Waals surface area contributed by atoms with Gasteiger partial charge in [-0.05, 0) is 43.2 Å². The van der Waals surface area contributed by atoms with Crippen LogP contribution in [0.25, 0.3) is 5.76 Å². The summed E-state index contributed by atoms with van der Waals surface area (Å²) < 4.78 is 32.0. The number of nitrogens with zero attached hydrogens (tertiary/aromatic N) is 2. The van der Waals surface area contributed by atoms with E-state index in [1.54, 1.807) is 21.0 Å². The van der Waals surface area contributed by atoms with E-state index in [4.69, 9.17) is 4.74 Å². The minimum absolute atomic E-state index is 0.0179. The predicted octanol–water partition coefficient (Wildman–Crippen LogP) is 3.48. The third kappa shape index (κ3) is 5.32. The summed E-state index contributed by atoms with van der Waals surface area (Å²) in [5.41, 5.74) is 1.97. The second-order valence-corrected chi connectivity index (χ2v) is 10.3. The highest BCUT2D eigenvalue weighted by Crippen LogP contribution is 2.39. The van der Waals surface area contributed by atoms with Crippen molar-refractivity contribution in [2.75, 3.05) is 33.4 Å². The molecular formula is C26H32N2O6S. The maximum absolute atomic E-state index is 13.1. The van der Waals surface area contributed by atoms with E-state index in [1.165, 1.54) is 33.5 Å². The molecule has 3 rings (SSSR count). The first-order chi connectivity index (χ1) is 16.7. The zero-order chi connectivity index (χ0) is 25.8. The average molecular weight is 501 g/mol. The van der Waals surface area contributed by atoms with Crippen LogP contribution in [0.1, 0.15) is 43.0 Å². The number of aliphatic hydroxyl groups is 1. The van der Waals surface area contributed by atoms with Gasteiger partial charge in [-0.15, -0.1) is 0 Å². The highest BCUT2D eigenvalue weighted by molar-refractivity contribution is 7.89. The smallest absolute Gasteiger partial charge is 0.295 e. The van der Waals surface area contributed by atoms with Gasteiger partial charge in [0.2, 0.25) is 10.0 Å². The fourth-order valence-electron chi connectivity index (χ4n) is 4.24. The molecule has 0 aromatic heterocycles. The molecule has 1 fully saturated rings. The van der Waals surface area contributed by atoms with E-state index in [0.29, 0.717) is 31.7 Å². The van der Waals surface area contributed by atoms with Gasteiger partial charge < -0.3 is 14.7 Å². The number of amides is 1. The van der Waals surface area contributed by atoms with Crippen molar-refractivity contribution in [3.8, 4) is 0 Å². The first-order valence-electron chi connectivity index (χ1n) is 11.6. The van der Waals surface area contributed by atoms with E-state index in [9.17, 15) is 23.1 Å². The van der Waals surface area contributed by atoms with Gasteiger partial charge in [0.1, 0.15) is 5.76 Å². The molecule has 0 aliphatic carbocycles. The normalized spacial score (nSPS) is 18.0. The molecule has 35 heavy (non-hydrogen) atoms. The van der Waals surface area contributed by atoms with Crippen LogP contribution in [0.3, 0.4) is 0 Å². The molecule has 2 aromatic carbocycles. The fraction of sp³-hybridized carbons (Fsp3) is 0.385. The highest BCUT2D eigenvalue weighted by atomic mass is 32.2. The Hall–Kier alpha value is -3.01. The van der Waals surface area contributed by atoms with Gasteiger partial charge in [-0.25, -0.2) is 8.42 Å². The minimum Gasteiger partial charge on any atom is -0.507 e. The largest absolute Gasteiger partial charge is 0.507 e. The SMILES string of the molecule is CCN(CC)S(=O)(=O)c1ccc(C(O)=C2C(=O)C(=O)N(CCCOC)[C@H]2c2ccc(C)cc2)cc1. The monoisotopic (exact) mass is 500 g/mol. The summed E-state index contributed by atoms with van der Waals surface area (Å²) in [5.74, 6) is -1.80. The van der Waals surface area contributed by atoms with Gasteiger partial charge in [-0.3, -0.25) is 9.59 Å². The molecule has 0 bridgehead atoms. The number of ether oxygens (including phenoxy) is 1. The molecule has 1 aliphatic heterocycles. The van der Waals surface area contributed by atoms with Gasteiger partial charge in [0.15, 0.2) is 0 Å². The van der Waals surface area contributed by atoms with Gasteiger partial charge in [-0.1, -0.05) is 43.7 Å². The van der Waals surface area contributed by atoms with Crippen molar-refractivity contribution in [3.05, 3.63) is 70.8 Å². The molecule has 1 heterocycles. The number of hydrogen-bond acceptors (Lipinski definition) is 6. The van der Waals surface area contributed by atoms with E-state index in [-0.39, 0.29) is 28.3 Å². The number of carbonyl (C=O) groups is 2. The van der Waals surface area contributed by atoms with Crippen molar-refractivity contribution < 1.29 is 27.9 Å². The summed E-state index contributed by atoms with van der Waals surface area (Å²) >= 11 is 0. The van der Waals surface area contributed by atoms with Crippen LogP contribution in [-0.2, 0) is 24.3 Å². The predicted molar refractivity (Wildman–Crippen MR) is 133 cm³/mol. The van der Waals surface area contributed by atoms with Crippen LogP contribution in [0, 0.1) is 6.92 Å². The molecule has 1 aliphatic rings. The van der Waals surface area contributed by atoms with E-state index in [0.717, 1.165) is 5.56 Å². The van der Waals surface area contributed by atoms with Crippen LogP contribution in [-0.4, -0.2) is 67.8 Å². The first-order valence-corrected chi connectivity index (χ1v) is 13.1. The second kappa shape index (κ2) is 11.2. The Morgan fingerprint density at radius 3 is 2.17 bits per heavy atom. The van der Waals surface area contributed by atoms with Crippen LogP contribution in [0.5, 0.6) is 0 Å². The number of carbonyl (C=O) groups excluding carboxylic acids is 2. The van der Waals surface area contributed by atoms with Crippen molar-refractivity contribution in [3.63, 3.8) is 0 Å². The van der Waals surface area contributed by atoms with E-state index in [1.807, 2.05) is 31.2 Å². The fourth-order valence-corrected chi connectivity index (χ4v) is 5.70. The summed E-state index contributed by atoms with van der Waals surface area (Å²) in [6.45, 7) is 6.84. The van der Waals surface area contributed by atoms with E-state index < -0.39 is 27.8 Å². The molecule has 2 aromatic rings. The minimum atomic E-state index is -3.67. The number of aliphatic hydroxyl groups excluding tert-OH is 1. The standard InChI is InChI=1S/C26H32N2O6S/c1-5-27(6-2)35(32,33)21-14-12-20(13-15-21)24(29)22-23(19-10-8-18(3)9-11-19)28(16-7-17-34-4)26(31)25(22)30/h8-15,23,29H,5-7,16-17H2,1-4H3/t23-/m0/s1. The molecule has 8 nitrogen and oxygen atoms in total. The number of rotatable bonds is 10. The molecule has 1 atom stereocenters. The number of sulfonamides is 1. The van der Waals surface area contributed by atoms with E-state index >= 15 is 0 Å². The lowest BCUT2D eigenvalue weighted by Crippen LogP contribution is -2.31. The molecule has 0 radical (unpaired) electrons. The number of ketones is 1. The summed E-state index contributed by atoms with van der Waals surface area (Å²) in [6.07, 6.45) is 0.532. The number of benzene rings is 2. The molecule has 1 saturated heterocycles. The zero-order valence-electron chi connectivity index (χ0n) is 20.5. The van der Waals surface area contributed by atoms with Gasteiger partial charge in [0, 0.05) is 38.9 Å². The molecule has 0 unspecified atom stereocenters. The summed E-state index contributed by atoms with van der Waals surface area (Å²) in [4.78, 5) is 27.5. The van der Waals surface area contributed by atoms with Crippen molar-refractivity contribution in [1.82, 2.24) is 9.21 Å². The third-order valence-corrected chi connectivity index (χ3v) is 8.22. The Kier molecular flexibility index (Phi) is 8.47. The molecule has 188 valence electrons. The number of Topliss-reactive ketones (excluding diaryl/α,β-unsaturated/α-hetero) is 1. The molecule has 1 amide bonds. The van der Waals surface area contributed by atoms with Gasteiger partial charge in [-0.2, -0.15) is 4.31 Å². The second-order valence-electron chi connectivity index (χ2n) is 8.36. The van der Waals surface area contributed by atoms with Gasteiger partial charge in [0.05, 0.1) is 16.5 Å². The van der Waals surface area contributed by atoms with Crippen molar-refractivity contribution in [2.24, 2.45) is 0 Å². The van der Waals surface area contributed by atoms with Crippen LogP contribution in [0.4, 0.5) is 0 Å². The number of aryl methyl sites for hydroxylation is 1. The highest BCUT2D eigenvalue weighted by Gasteiger charge is 2.45. The lowest BCUT2D eigenvalue weighted by Gasteiger charge is -2.25. The molecular weight excluding hydrogens is 468 g/mol. The Balaban J connectivity index is 2.07. The van der Waals surface area contributed by atoms with Gasteiger partial charge in [0.25, 0.3) is 11.7 Å². The lowest BCUT2D eigenvalue weighted by atomic mass is 9.94. The number of likely N-dealkylation sites (tertiary alicyclic amines) is 1. The van der Waals surface area contributed by atoms with Crippen molar-refractivity contribution in [2.45, 2.75) is 38.1 Å². The Bertz CT molecular complexity index is 1200. The van der Waals surface area contributed by atoms with E-state index in [2.05, 4.69) is 0 Å². The van der Waals surface area contributed by atoms with Gasteiger partial charge >= 0.3 is 0 Å². The lowest BCUT2D eigenvalue weighted by molar-refractivity contribution is -0.140. The maximum Gasteiger partial charge on any atom is 0.295 e. The molecule has 0 spiro atoms. The van der Waals surface area contributed by atoms with Crippen LogP contribution < -0.4 is 0 Å². The van der Waals surface area contributed by atoms with Crippen LogP contribution in [0.2, 0.25) is 0 Å². The van der Waals surface area contributed by atoms with Crippen molar-refractivity contribution >= 4 is 27.5 Å². The number of hydrogen-bond donors (Lipinski definition) is 1. The zero-order valence-corrected chi connectivity index (χ0v) is 21.3. The Morgan fingerprint density at radius 2 is 1.63 bits per heavy atom. The number of methoxy groups -OCH3 is 1. The summed E-state index contributed by atoms with van der Waals surface area (Å²) in [7, 11) is -2.10. The summed E-state index contributed by atoms with van der Waals surface area (Å²) in [5, 5.41) is 11.2.